The molecule has 0 spiro atoms. The largest absolute Gasteiger partial charge is 0.382 e. The molecule has 2 N–H and O–H groups in total. The van der Waals surface area contributed by atoms with Crippen LogP contribution in [0.2, 0.25) is 0 Å². The molecule has 134 valence electrons. The monoisotopic (exact) mass is 353 g/mol. The van der Waals surface area contributed by atoms with E-state index in [0.717, 1.165) is 42.9 Å². The lowest BCUT2D eigenvalue weighted by molar-refractivity contribution is -0.115. The molecule has 6 heteroatoms. The zero-order chi connectivity index (χ0) is 17.9. The highest BCUT2D eigenvalue weighted by atomic mass is 19.1. The van der Waals surface area contributed by atoms with E-state index in [1.54, 1.807) is 12.3 Å². The number of carbonyl (C=O) groups excluding carboxylic acids is 1. The van der Waals surface area contributed by atoms with E-state index in [1.165, 1.54) is 12.1 Å². The third kappa shape index (κ3) is 3.60. The van der Waals surface area contributed by atoms with E-state index in [-0.39, 0.29) is 11.7 Å². The van der Waals surface area contributed by atoms with Crippen LogP contribution in [-0.4, -0.2) is 31.4 Å². The molecule has 1 saturated heterocycles. The predicted octanol–water partition coefficient (Wildman–Crippen LogP) is 3.85. The summed E-state index contributed by atoms with van der Waals surface area (Å²) >= 11 is 0. The molecule has 0 radical (unpaired) electrons. The molecular formula is C20H20FN3O2. The van der Waals surface area contributed by atoms with Gasteiger partial charge in [0, 0.05) is 30.7 Å². The summed E-state index contributed by atoms with van der Waals surface area (Å²) in [6.07, 6.45) is 4.13. The van der Waals surface area contributed by atoms with Crippen LogP contribution in [0.4, 0.5) is 21.5 Å². The number of hydrogen-bond acceptors (Lipinski definition) is 4. The van der Waals surface area contributed by atoms with Crippen LogP contribution >= 0.6 is 0 Å². The van der Waals surface area contributed by atoms with Crippen LogP contribution < -0.4 is 10.6 Å². The average molecular weight is 353 g/mol. The van der Waals surface area contributed by atoms with Crippen molar-refractivity contribution < 1.29 is 13.9 Å². The van der Waals surface area contributed by atoms with Crippen LogP contribution in [-0.2, 0) is 9.53 Å². The molecule has 0 aliphatic carbocycles. The Bertz CT molecular complexity index is 829. The fourth-order valence-corrected chi connectivity index (χ4v) is 3.27. The van der Waals surface area contributed by atoms with Crippen molar-refractivity contribution in [1.82, 2.24) is 0 Å². The first-order valence-corrected chi connectivity index (χ1v) is 8.79. The molecule has 2 aliphatic rings. The molecule has 2 aromatic carbocycles. The molecule has 2 aromatic rings. The van der Waals surface area contributed by atoms with Crippen molar-refractivity contribution in [2.45, 2.75) is 24.9 Å². The van der Waals surface area contributed by atoms with E-state index in [2.05, 4.69) is 15.6 Å². The minimum absolute atomic E-state index is 0.191. The van der Waals surface area contributed by atoms with Crippen LogP contribution in [0.3, 0.4) is 0 Å². The number of anilines is 2. The standard InChI is InChI=1S/C20H20FN3O2/c21-13-3-8-17-18(20(25)24-19(17)10-13)12-23-15-6-4-14(5-7-15)22-11-16-2-1-9-26-16/h3-8,10,12,16,18,22H,1-2,9,11H2,(H,24,25). The smallest absolute Gasteiger partial charge is 0.237 e. The predicted molar refractivity (Wildman–Crippen MR) is 99.8 cm³/mol. The van der Waals surface area contributed by atoms with E-state index >= 15 is 0 Å². The average Bonchev–Trinajstić information content (AvgIpc) is 3.26. The number of benzene rings is 2. The molecule has 2 unspecified atom stereocenters. The van der Waals surface area contributed by atoms with Crippen LogP contribution in [0.15, 0.2) is 47.5 Å². The second kappa shape index (κ2) is 7.25. The third-order valence-corrected chi connectivity index (χ3v) is 4.69. The highest BCUT2D eigenvalue weighted by Crippen LogP contribution is 2.32. The normalized spacial score (nSPS) is 21.8. The number of halogens is 1. The number of nitrogens with one attached hydrogen (secondary N) is 2. The first-order chi connectivity index (χ1) is 12.7. The van der Waals surface area contributed by atoms with Gasteiger partial charge in [-0.3, -0.25) is 9.79 Å². The lowest BCUT2D eigenvalue weighted by atomic mass is 10.0. The van der Waals surface area contributed by atoms with E-state index in [0.29, 0.717) is 11.8 Å². The Morgan fingerprint density at radius 2 is 2.12 bits per heavy atom. The van der Waals surface area contributed by atoms with Crippen LogP contribution in [0.25, 0.3) is 0 Å². The Morgan fingerprint density at radius 1 is 1.27 bits per heavy atom. The highest BCUT2D eigenvalue weighted by Gasteiger charge is 2.29. The lowest BCUT2D eigenvalue weighted by Gasteiger charge is -2.11. The van der Waals surface area contributed by atoms with Gasteiger partial charge in [0.15, 0.2) is 0 Å². The van der Waals surface area contributed by atoms with E-state index in [4.69, 9.17) is 4.74 Å². The molecule has 0 saturated carbocycles. The Morgan fingerprint density at radius 3 is 2.88 bits per heavy atom. The Kier molecular flexibility index (Phi) is 4.67. The Labute approximate surface area is 151 Å². The molecule has 0 bridgehead atoms. The number of rotatable bonds is 5. The summed E-state index contributed by atoms with van der Waals surface area (Å²) in [6, 6.07) is 12.0. The minimum Gasteiger partial charge on any atom is -0.382 e. The maximum Gasteiger partial charge on any atom is 0.237 e. The number of carbonyl (C=O) groups is 1. The molecule has 2 aliphatic heterocycles. The molecular weight excluding hydrogens is 333 g/mol. The zero-order valence-electron chi connectivity index (χ0n) is 14.2. The molecule has 1 amide bonds. The van der Waals surface area contributed by atoms with Crippen molar-refractivity contribution in [3.8, 4) is 0 Å². The SMILES string of the molecule is O=C1Nc2cc(F)ccc2C1C=Nc1ccc(NCC2CCCO2)cc1. The van der Waals surface area contributed by atoms with Gasteiger partial charge in [0.05, 0.1) is 11.8 Å². The second-order valence-corrected chi connectivity index (χ2v) is 6.54. The Balaban J connectivity index is 1.40. The van der Waals surface area contributed by atoms with Crippen molar-refractivity contribution in [2.75, 3.05) is 23.8 Å². The number of amides is 1. The van der Waals surface area contributed by atoms with Gasteiger partial charge in [0.2, 0.25) is 5.91 Å². The Hall–Kier alpha value is -2.73. The summed E-state index contributed by atoms with van der Waals surface area (Å²) in [5, 5.41) is 6.04. The maximum atomic E-state index is 13.3. The van der Waals surface area contributed by atoms with Gasteiger partial charge in [0.25, 0.3) is 0 Å². The summed E-state index contributed by atoms with van der Waals surface area (Å²) in [4.78, 5) is 16.5. The van der Waals surface area contributed by atoms with Crippen molar-refractivity contribution >= 4 is 29.2 Å². The van der Waals surface area contributed by atoms with Gasteiger partial charge in [-0.1, -0.05) is 6.07 Å². The van der Waals surface area contributed by atoms with Gasteiger partial charge < -0.3 is 15.4 Å². The maximum absolute atomic E-state index is 13.3. The first kappa shape index (κ1) is 16.7. The van der Waals surface area contributed by atoms with Crippen molar-refractivity contribution in [1.29, 1.82) is 0 Å². The molecule has 26 heavy (non-hydrogen) atoms. The fraction of sp³-hybridized carbons (Fsp3) is 0.300. The molecule has 5 nitrogen and oxygen atoms in total. The van der Waals surface area contributed by atoms with Crippen molar-refractivity contribution in [2.24, 2.45) is 4.99 Å². The third-order valence-electron chi connectivity index (χ3n) is 4.69. The van der Waals surface area contributed by atoms with Gasteiger partial charge in [0.1, 0.15) is 11.7 Å². The molecule has 1 fully saturated rings. The van der Waals surface area contributed by atoms with Crippen LogP contribution in [0.5, 0.6) is 0 Å². The molecule has 4 rings (SSSR count). The summed E-state index contributed by atoms with van der Waals surface area (Å²) in [5.74, 6) is -1.06. The van der Waals surface area contributed by atoms with Gasteiger partial charge in [-0.25, -0.2) is 4.39 Å². The van der Waals surface area contributed by atoms with E-state index in [9.17, 15) is 9.18 Å². The van der Waals surface area contributed by atoms with Crippen molar-refractivity contribution in [3.63, 3.8) is 0 Å². The van der Waals surface area contributed by atoms with Crippen LogP contribution in [0, 0.1) is 5.82 Å². The van der Waals surface area contributed by atoms with Gasteiger partial charge >= 0.3 is 0 Å². The molecule has 0 aromatic heterocycles. The number of aliphatic imine (C=N–C) groups is 1. The molecule has 2 heterocycles. The quantitative estimate of drug-likeness (QED) is 0.803. The second-order valence-electron chi connectivity index (χ2n) is 6.54. The number of hydrogen-bond donors (Lipinski definition) is 2. The minimum atomic E-state index is -0.497. The van der Waals surface area contributed by atoms with Gasteiger partial charge in [-0.2, -0.15) is 0 Å². The van der Waals surface area contributed by atoms with Gasteiger partial charge in [-0.05, 0) is 54.8 Å². The zero-order valence-corrected chi connectivity index (χ0v) is 14.2. The van der Waals surface area contributed by atoms with E-state index in [1.807, 2.05) is 24.3 Å². The summed E-state index contributed by atoms with van der Waals surface area (Å²) in [5.41, 5.74) is 3.03. The number of ether oxygens (including phenoxy) is 1. The first-order valence-electron chi connectivity index (χ1n) is 8.79. The lowest BCUT2D eigenvalue weighted by Crippen LogP contribution is -2.18. The summed E-state index contributed by atoms with van der Waals surface area (Å²) in [7, 11) is 0. The summed E-state index contributed by atoms with van der Waals surface area (Å²) < 4.78 is 18.9. The topological polar surface area (TPSA) is 62.7 Å². The number of fused-ring (bicyclic) bond motifs is 1. The molecule has 2 atom stereocenters. The fourth-order valence-electron chi connectivity index (χ4n) is 3.27. The number of nitrogens with zero attached hydrogens (tertiary/aromatic N) is 1. The summed E-state index contributed by atoms with van der Waals surface area (Å²) in [6.45, 7) is 1.66. The van der Waals surface area contributed by atoms with Gasteiger partial charge in [-0.15, -0.1) is 0 Å². The van der Waals surface area contributed by atoms with Crippen molar-refractivity contribution in [3.05, 3.63) is 53.8 Å². The highest BCUT2D eigenvalue weighted by molar-refractivity contribution is 6.12. The van der Waals surface area contributed by atoms with E-state index < -0.39 is 5.92 Å². The van der Waals surface area contributed by atoms with Crippen LogP contribution in [0.1, 0.15) is 24.3 Å².